The van der Waals surface area contributed by atoms with Crippen LogP contribution in [-0.2, 0) is 19.1 Å². The average molecular weight is 273 g/mol. The SMILES string of the molecule is CS(=O)(=O)OC(CCCl)CCCCC(=O)O. The normalized spacial score (nSPS) is 13.6. The second kappa shape index (κ2) is 7.86. The minimum Gasteiger partial charge on any atom is -0.481 e. The summed E-state index contributed by atoms with van der Waals surface area (Å²) >= 11 is 5.52. The van der Waals surface area contributed by atoms with E-state index < -0.39 is 22.2 Å². The molecule has 0 aromatic carbocycles. The van der Waals surface area contributed by atoms with E-state index in [0.29, 0.717) is 31.6 Å². The van der Waals surface area contributed by atoms with Gasteiger partial charge in [0.25, 0.3) is 10.1 Å². The Morgan fingerprint density at radius 3 is 2.44 bits per heavy atom. The largest absolute Gasteiger partial charge is 0.481 e. The van der Waals surface area contributed by atoms with Gasteiger partial charge in [0.2, 0.25) is 0 Å². The molecular formula is C9H17ClO5S. The van der Waals surface area contributed by atoms with E-state index in [0.717, 1.165) is 6.26 Å². The molecule has 0 heterocycles. The van der Waals surface area contributed by atoms with Crippen molar-refractivity contribution in [3.63, 3.8) is 0 Å². The van der Waals surface area contributed by atoms with E-state index in [1.807, 2.05) is 0 Å². The summed E-state index contributed by atoms with van der Waals surface area (Å²) in [5.74, 6) is -0.531. The number of carboxylic acid groups (broad SMARTS) is 1. The maximum atomic E-state index is 10.9. The first-order valence-corrected chi connectivity index (χ1v) is 7.36. The van der Waals surface area contributed by atoms with Gasteiger partial charge < -0.3 is 5.11 Å². The van der Waals surface area contributed by atoms with Crippen molar-refractivity contribution >= 4 is 27.7 Å². The first kappa shape index (κ1) is 15.7. The Bertz CT molecular complexity index is 301. The van der Waals surface area contributed by atoms with Crippen LogP contribution in [0, 0.1) is 0 Å². The minimum absolute atomic E-state index is 0.0898. The van der Waals surface area contributed by atoms with Crippen LogP contribution in [0.1, 0.15) is 32.1 Å². The fourth-order valence-electron chi connectivity index (χ4n) is 1.26. The highest BCUT2D eigenvalue weighted by molar-refractivity contribution is 7.86. The molecule has 0 aliphatic carbocycles. The first-order valence-electron chi connectivity index (χ1n) is 5.01. The highest BCUT2D eigenvalue weighted by Crippen LogP contribution is 2.13. The van der Waals surface area contributed by atoms with Crippen LogP contribution < -0.4 is 0 Å². The fraction of sp³-hybridized carbons (Fsp3) is 0.889. The van der Waals surface area contributed by atoms with E-state index in [9.17, 15) is 13.2 Å². The zero-order valence-corrected chi connectivity index (χ0v) is 10.8. The summed E-state index contributed by atoms with van der Waals surface area (Å²) in [6.07, 6.45) is 2.72. The molecule has 1 N–H and O–H groups in total. The van der Waals surface area contributed by atoms with E-state index in [1.54, 1.807) is 0 Å². The molecule has 0 aromatic rings. The first-order chi connectivity index (χ1) is 7.35. The Balaban J connectivity index is 3.90. The van der Waals surface area contributed by atoms with Gasteiger partial charge >= 0.3 is 5.97 Å². The molecule has 5 nitrogen and oxygen atoms in total. The monoisotopic (exact) mass is 272 g/mol. The molecule has 1 unspecified atom stereocenters. The Labute approximate surface area is 101 Å². The third kappa shape index (κ3) is 10.2. The van der Waals surface area contributed by atoms with Gasteiger partial charge in [0.05, 0.1) is 12.4 Å². The van der Waals surface area contributed by atoms with Crippen LogP contribution in [0.15, 0.2) is 0 Å². The van der Waals surface area contributed by atoms with Gasteiger partial charge in [-0.1, -0.05) is 6.42 Å². The third-order valence-electron chi connectivity index (χ3n) is 1.91. The lowest BCUT2D eigenvalue weighted by Gasteiger charge is -2.14. The third-order valence-corrected chi connectivity index (χ3v) is 2.75. The molecule has 0 spiro atoms. The molecule has 0 fully saturated rings. The Morgan fingerprint density at radius 2 is 2.00 bits per heavy atom. The summed E-state index contributed by atoms with van der Waals surface area (Å²) in [4.78, 5) is 10.3. The molecule has 7 heteroatoms. The van der Waals surface area contributed by atoms with Crippen molar-refractivity contribution in [3.05, 3.63) is 0 Å². The van der Waals surface area contributed by atoms with E-state index >= 15 is 0 Å². The smallest absolute Gasteiger partial charge is 0.303 e. The van der Waals surface area contributed by atoms with Crippen LogP contribution in [0.4, 0.5) is 0 Å². The van der Waals surface area contributed by atoms with Gasteiger partial charge in [0.15, 0.2) is 0 Å². The van der Waals surface area contributed by atoms with E-state index in [4.69, 9.17) is 20.9 Å². The average Bonchev–Trinajstić information content (AvgIpc) is 2.09. The Kier molecular flexibility index (Phi) is 7.70. The van der Waals surface area contributed by atoms with Crippen molar-refractivity contribution in [3.8, 4) is 0 Å². The fourth-order valence-corrected chi connectivity index (χ4v) is 2.19. The molecule has 0 saturated heterocycles. The lowest BCUT2D eigenvalue weighted by molar-refractivity contribution is -0.137. The Hall–Kier alpha value is -0.330. The molecule has 0 rings (SSSR count). The number of aliphatic carboxylic acids is 1. The summed E-state index contributed by atoms with van der Waals surface area (Å²) < 4.78 is 26.6. The summed E-state index contributed by atoms with van der Waals surface area (Å²) in [5.41, 5.74) is 0. The van der Waals surface area contributed by atoms with Crippen LogP contribution >= 0.6 is 11.6 Å². The van der Waals surface area contributed by atoms with Crippen LogP contribution in [0.3, 0.4) is 0 Å². The topological polar surface area (TPSA) is 80.7 Å². The lowest BCUT2D eigenvalue weighted by atomic mass is 10.1. The second-order valence-corrected chi connectivity index (χ2v) is 5.52. The van der Waals surface area contributed by atoms with Gasteiger partial charge in [-0.25, -0.2) is 0 Å². The predicted molar refractivity (Wildman–Crippen MR) is 61.2 cm³/mol. The predicted octanol–water partition coefficient (Wildman–Crippen LogP) is 1.61. The zero-order valence-electron chi connectivity index (χ0n) is 9.19. The van der Waals surface area contributed by atoms with Gasteiger partial charge in [-0.2, -0.15) is 8.42 Å². The molecular weight excluding hydrogens is 256 g/mol. The van der Waals surface area contributed by atoms with Gasteiger partial charge in [-0.05, 0) is 19.3 Å². The van der Waals surface area contributed by atoms with E-state index in [-0.39, 0.29) is 6.42 Å². The van der Waals surface area contributed by atoms with E-state index in [2.05, 4.69) is 0 Å². The number of halogens is 1. The molecule has 0 aliphatic heterocycles. The summed E-state index contributed by atoms with van der Waals surface area (Å²) in [5, 5.41) is 8.42. The van der Waals surface area contributed by atoms with Gasteiger partial charge in [0.1, 0.15) is 0 Å². The molecule has 0 saturated carbocycles. The van der Waals surface area contributed by atoms with Crippen molar-refractivity contribution in [1.29, 1.82) is 0 Å². The molecule has 1 atom stereocenters. The molecule has 0 aromatic heterocycles. The quantitative estimate of drug-likeness (QED) is 0.392. The summed E-state index contributed by atoms with van der Waals surface area (Å²) in [7, 11) is -3.47. The molecule has 0 bridgehead atoms. The highest BCUT2D eigenvalue weighted by atomic mass is 35.5. The molecule has 0 aliphatic rings. The number of hydrogen-bond donors (Lipinski definition) is 1. The van der Waals surface area contributed by atoms with Crippen molar-refractivity contribution in [2.45, 2.75) is 38.2 Å². The van der Waals surface area contributed by atoms with E-state index in [1.165, 1.54) is 0 Å². The van der Waals surface area contributed by atoms with Crippen molar-refractivity contribution < 1.29 is 22.5 Å². The van der Waals surface area contributed by atoms with Gasteiger partial charge in [-0.15, -0.1) is 11.6 Å². The number of unbranched alkanes of at least 4 members (excludes halogenated alkanes) is 1. The molecule has 0 radical (unpaired) electrons. The number of rotatable bonds is 9. The van der Waals surface area contributed by atoms with Crippen LogP contribution in [0.2, 0.25) is 0 Å². The molecule has 96 valence electrons. The summed E-state index contributed by atoms with van der Waals surface area (Å²) in [6, 6.07) is 0. The number of carboxylic acids is 1. The maximum absolute atomic E-state index is 10.9. The van der Waals surface area contributed by atoms with Gasteiger partial charge in [0, 0.05) is 12.3 Å². The minimum atomic E-state index is -3.47. The van der Waals surface area contributed by atoms with Crippen LogP contribution in [0.5, 0.6) is 0 Å². The molecule has 16 heavy (non-hydrogen) atoms. The standard InChI is InChI=1S/C9H17ClO5S/c1-16(13,14)15-8(6-7-10)4-2-3-5-9(11)12/h8H,2-7H2,1H3,(H,11,12). The van der Waals surface area contributed by atoms with Crippen LogP contribution in [0.25, 0.3) is 0 Å². The van der Waals surface area contributed by atoms with Crippen molar-refractivity contribution in [2.75, 3.05) is 12.1 Å². The lowest BCUT2D eigenvalue weighted by Crippen LogP contribution is -2.18. The second-order valence-electron chi connectivity index (χ2n) is 3.54. The molecule has 0 amide bonds. The highest BCUT2D eigenvalue weighted by Gasteiger charge is 2.14. The van der Waals surface area contributed by atoms with Crippen molar-refractivity contribution in [1.82, 2.24) is 0 Å². The summed E-state index contributed by atoms with van der Waals surface area (Å²) in [6.45, 7) is 0. The number of hydrogen-bond acceptors (Lipinski definition) is 4. The Morgan fingerprint density at radius 1 is 1.38 bits per heavy atom. The van der Waals surface area contributed by atoms with Gasteiger partial charge in [-0.3, -0.25) is 8.98 Å². The number of alkyl halides is 1. The zero-order chi connectivity index (χ0) is 12.6. The maximum Gasteiger partial charge on any atom is 0.303 e. The van der Waals surface area contributed by atoms with Crippen LogP contribution in [-0.4, -0.2) is 37.7 Å². The number of carbonyl (C=O) groups is 1. The van der Waals surface area contributed by atoms with Crippen molar-refractivity contribution in [2.24, 2.45) is 0 Å².